The molecule has 3 aromatic rings. The van der Waals surface area contributed by atoms with Gasteiger partial charge in [0.15, 0.2) is 5.15 Å². The van der Waals surface area contributed by atoms with E-state index in [1.807, 2.05) is 6.07 Å². The molecule has 0 amide bonds. The third-order valence-electron chi connectivity index (χ3n) is 8.31. The van der Waals surface area contributed by atoms with Gasteiger partial charge in [-0.15, -0.1) is 10.2 Å². The second kappa shape index (κ2) is 13.5. The largest absolute Gasteiger partial charge is 0.466 e. The first kappa shape index (κ1) is 32.1. The number of hydrogen-bond acceptors (Lipinski definition) is 5. The Bertz CT molecular complexity index is 1330. The number of hydrogen-bond donors (Lipinski definition) is 1. The molecule has 0 aliphatic carbocycles. The Hall–Kier alpha value is -2.37. The van der Waals surface area contributed by atoms with Crippen LogP contribution in [0.5, 0.6) is 0 Å². The summed E-state index contributed by atoms with van der Waals surface area (Å²) in [6, 6.07) is 15.5. The summed E-state index contributed by atoms with van der Waals surface area (Å²) in [5.74, 6) is -0.327. The lowest BCUT2D eigenvalue weighted by Gasteiger charge is -2.34. The molecule has 0 aliphatic heterocycles. The zero-order valence-electron chi connectivity index (χ0n) is 25.4. The van der Waals surface area contributed by atoms with Crippen LogP contribution in [-0.2, 0) is 27.8 Å². The van der Waals surface area contributed by atoms with E-state index < -0.39 is 0 Å². The number of carbonyl (C=O) groups is 1. The summed E-state index contributed by atoms with van der Waals surface area (Å²) in [6.07, 6.45) is 4.16. The summed E-state index contributed by atoms with van der Waals surface area (Å²) in [6.45, 7) is 17.8. The van der Waals surface area contributed by atoms with Crippen molar-refractivity contribution in [2.75, 3.05) is 6.61 Å². The van der Waals surface area contributed by atoms with Crippen molar-refractivity contribution >= 4 is 30.2 Å². The molecule has 0 aliphatic rings. The summed E-state index contributed by atoms with van der Waals surface area (Å²) in [5.41, 5.74) is 8.90. The van der Waals surface area contributed by atoms with Crippen molar-refractivity contribution in [2.24, 2.45) is 5.41 Å². The molecular weight excluding hydrogens is 536 g/mol. The van der Waals surface area contributed by atoms with Crippen LogP contribution < -0.4 is 0 Å². The van der Waals surface area contributed by atoms with Crippen LogP contribution in [0.4, 0.5) is 0 Å². The van der Waals surface area contributed by atoms with E-state index in [-0.39, 0.29) is 28.4 Å². The van der Waals surface area contributed by atoms with E-state index >= 15 is 0 Å². The lowest BCUT2D eigenvalue weighted by atomic mass is 9.69. The predicted molar refractivity (Wildman–Crippen MR) is 171 cm³/mol. The standard InChI is InChI=1S/C34H45ClN2O2S/c1-9-34(10-2,26-14-12-24(22(4)18-26)13-17-30(40)33(6,7)8)27-15-16-28(23(5)19-27)29-20-25(32(35)37-36-29)21-31(38)39-11-3/h12,14-16,18-20,30,40H,9-11,13,17,21H2,1-8H3. The molecule has 0 fully saturated rings. The molecule has 216 valence electrons. The van der Waals surface area contributed by atoms with Crippen molar-refractivity contribution < 1.29 is 9.53 Å². The fourth-order valence-electron chi connectivity index (χ4n) is 5.52. The fraction of sp³-hybridized carbons (Fsp3) is 0.500. The first-order valence-electron chi connectivity index (χ1n) is 14.4. The van der Waals surface area contributed by atoms with Crippen LogP contribution in [0.2, 0.25) is 5.15 Å². The van der Waals surface area contributed by atoms with Gasteiger partial charge < -0.3 is 4.74 Å². The molecule has 1 unspecified atom stereocenters. The summed E-state index contributed by atoms with van der Waals surface area (Å²) in [7, 11) is 0. The van der Waals surface area contributed by atoms with E-state index in [0.717, 1.165) is 36.8 Å². The van der Waals surface area contributed by atoms with Gasteiger partial charge >= 0.3 is 5.97 Å². The van der Waals surface area contributed by atoms with E-state index in [4.69, 9.17) is 29.0 Å². The van der Waals surface area contributed by atoms with Gasteiger partial charge in [0.05, 0.1) is 18.7 Å². The van der Waals surface area contributed by atoms with Crippen molar-refractivity contribution in [2.45, 2.75) is 98.2 Å². The van der Waals surface area contributed by atoms with Crippen LogP contribution in [0.3, 0.4) is 0 Å². The first-order valence-corrected chi connectivity index (χ1v) is 15.3. The third-order valence-corrected chi connectivity index (χ3v) is 9.66. The highest BCUT2D eigenvalue weighted by atomic mass is 35.5. The summed E-state index contributed by atoms with van der Waals surface area (Å²) in [4.78, 5) is 12.1. The first-order chi connectivity index (χ1) is 18.9. The maximum atomic E-state index is 12.1. The Labute approximate surface area is 251 Å². The second-order valence-electron chi connectivity index (χ2n) is 11.9. The van der Waals surface area contributed by atoms with Crippen LogP contribution in [0, 0.1) is 19.3 Å². The zero-order valence-corrected chi connectivity index (χ0v) is 27.0. The number of halogens is 1. The Kier molecular flexibility index (Phi) is 10.9. The second-order valence-corrected chi connectivity index (χ2v) is 12.9. The molecule has 3 rings (SSSR count). The highest BCUT2D eigenvalue weighted by molar-refractivity contribution is 7.81. The Morgan fingerprint density at radius 2 is 1.55 bits per heavy atom. The minimum Gasteiger partial charge on any atom is -0.466 e. The van der Waals surface area contributed by atoms with Gasteiger partial charge in [0.2, 0.25) is 0 Å². The van der Waals surface area contributed by atoms with Crippen LogP contribution in [0.25, 0.3) is 11.3 Å². The predicted octanol–water partition coefficient (Wildman–Crippen LogP) is 8.90. The van der Waals surface area contributed by atoms with E-state index in [0.29, 0.717) is 23.1 Å². The van der Waals surface area contributed by atoms with E-state index in [1.165, 1.54) is 22.3 Å². The van der Waals surface area contributed by atoms with Gasteiger partial charge in [0.1, 0.15) is 0 Å². The Balaban J connectivity index is 1.93. The lowest BCUT2D eigenvalue weighted by molar-refractivity contribution is -0.142. The van der Waals surface area contributed by atoms with Crippen LogP contribution >= 0.6 is 24.2 Å². The maximum Gasteiger partial charge on any atom is 0.310 e. The molecule has 40 heavy (non-hydrogen) atoms. The van der Waals surface area contributed by atoms with Crippen molar-refractivity contribution in [1.29, 1.82) is 0 Å². The number of carbonyl (C=O) groups excluding carboxylic acids is 1. The van der Waals surface area contributed by atoms with Gasteiger partial charge in [-0.05, 0) is 85.8 Å². The maximum absolute atomic E-state index is 12.1. The highest BCUT2D eigenvalue weighted by Crippen LogP contribution is 2.41. The van der Waals surface area contributed by atoms with E-state index in [1.54, 1.807) is 6.92 Å². The number of ether oxygens (including phenoxy) is 1. The minimum atomic E-state index is -0.327. The third kappa shape index (κ3) is 7.28. The molecule has 0 N–H and O–H groups in total. The summed E-state index contributed by atoms with van der Waals surface area (Å²) in [5, 5.41) is 9.05. The van der Waals surface area contributed by atoms with Crippen LogP contribution in [0.1, 0.15) is 94.2 Å². The smallest absolute Gasteiger partial charge is 0.310 e. The van der Waals surface area contributed by atoms with Crippen molar-refractivity contribution in [3.63, 3.8) is 0 Å². The van der Waals surface area contributed by atoms with Gasteiger partial charge in [-0.2, -0.15) is 12.6 Å². The van der Waals surface area contributed by atoms with Gasteiger partial charge in [-0.3, -0.25) is 4.79 Å². The number of aryl methyl sites for hydroxylation is 3. The van der Waals surface area contributed by atoms with Crippen LogP contribution in [0.15, 0.2) is 42.5 Å². The van der Waals surface area contributed by atoms with Gasteiger partial charge in [0.25, 0.3) is 0 Å². The van der Waals surface area contributed by atoms with E-state index in [9.17, 15) is 4.79 Å². The topological polar surface area (TPSA) is 52.1 Å². The molecule has 6 heteroatoms. The zero-order chi connectivity index (χ0) is 29.7. The van der Waals surface area contributed by atoms with Crippen LogP contribution in [-0.4, -0.2) is 28.0 Å². The SMILES string of the molecule is CCOC(=O)Cc1cc(-c2ccc(C(CC)(CC)c3ccc(CCC(S)C(C)(C)C)c(C)c3)cc2C)nnc1Cl. The summed E-state index contributed by atoms with van der Waals surface area (Å²) < 4.78 is 5.09. The highest BCUT2D eigenvalue weighted by Gasteiger charge is 2.31. The Morgan fingerprint density at radius 3 is 2.10 bits per heavy atom. The molecule has 1 atom stereocenters. The van der Waals surface area contributed by atoms with Gasteiger partial charge in [0, 0.05) is 21.8 Å². The number of nitrogens with zero attached hydrogens (tertiary/aromatic N) is 2. The molecule has 4 nitrogen and oxygen atoms in total. The number of esters is 1. The van der Waals surface area contributed by atoms with Gasteiger partial charge in [-0.1, -0.05) is 82.6 Å². The molecule has 0 radical (unpaired) electrons. The molecule has 0 bridgehead atoms. The molecular formula is C34H45ClN2O2S. The molecule has 2 aromatic carbocycles. The molecule has 0 saturated carbocycles. The monoisotopic (exact) mass is 580 g/mol. The molecule has 0 saturated heterocycles. The molecule has 0 spiro atoms. The number of aromatic nitrogens is 2. The minimum absolute atomic E-state index is 0.0707. The van der Waals surface area contributed by atoms with Crippen molar-refractivity contribution in [1.82, 2.24) is 10.2 Å². The van der Waals surface area contributed by atoms with Gasteiger partial charge in [-0.25, -0.2) is 0 Å². The number of rotatable bonds is 11. The van der Waals surface area contributed by atoms with Crippen molar-refractivity contribution in [3.8, 4) is 11.3 Å². The average Bonchev–Trinajstić information content (AvgIpc) is 2.90. The summed E-state index contributed by atoms with van der Waals surface area (Å²) >= 11 is 11.1. The lowest BCUT2D eigenvalue weighted by Crippen LogP contribution is -2.26. The molecule has 1 aromatic heterocycles. The fourth-order valence-corrected chi connectivity index (χ4v) is 5.81. The number of thiol groups is 1. The quantitative estimate of drug-likeness (QED) is 0.182. The van der Waals surface area contributed by atoms with E-state index in [2.05, 4.69) is 95.1 Å². The average molecular weight is 581 g/mol. The van der Waals surface area contributed by atoms with Crippen molar-refractivity contribution in [3.05, 3.63) is 81.0 Å². The molecule has 1 heterocycles. The Morgan fingerprint density at radius 1 is 0.925 bits per heavy atom. The number of benzene rings is 2. The normalized spacial score (nSPS) is 12.8.